The first-order chi connectivity index (χ1) is 5.58. The molecule has 0 atom stereocenters. The molecular weight excluding hydrogens is 162 g/mol. The second-order valence-electron chi connectivity index (χ2n) is 2.55. The molecule has 0 aliphatic carbocycles. The molecule has 0 spiro atoms. The van der Waals surface area contributed by atoms with Gasteiger partial charge < -0.3 is 25.3 Å². The van der Waals surface area contributed by atoms with Crippen LogP contribution in [0.25, 0.3) is 0 Å². The van der Waals surface area contributed by atoms with Crippen LogP contribution in [0.15, 0.2) is 0 Å². The van der Waals surface area contributed by atoms with Gasteiger partial charge in [0.25, 0.3) is 0 Å². The minimum atomic E-state index is -0.954. The van der Waals surface area contributed by atoms with Gasteiger partial charge in [0.1, 0.15) is 6.10 Å². The van der Waals surface area contributed by atoms with Crippen LogP contribution in [0, 0.1) is 0 Å². The average molecular weight is 181 g/mol. The molecule has 0 saturated heterocycles. The van der Waals surface area contributed by atoms with E-state index in [0.717, 1.165) is 6.54 Å². The van der Waals surface area contributed by atoms with Gasteiger partial charge in [0, 0.05) is 6.54 Å². The third-order valence-corrected chi connectivity index (χ3v) is 0.969. The van der Waals surface area contributed by atoms with Crippen molar-refractivity contribution < 1.29 is 20.4 Å². The Morgan fingerprint density at radius 1 is 1.08 bits per heavy atom. The summed E-state index contributed by atoms with van der Waals surface area (Å²) in [7, 11) is 3.85. The van der Waals surface area contributed by atoms with E-state index in [0.29, 0.717) is 0 Å². The maximum atomic E-state index is 8.20. The third-order valence-electron chi connectivity index (χ3n) is 0.969. The first kappa shape index (κ1) is 14.3. The van der Waals surface area contributed by atoms with Crippen LogP contribution in [-0.2, 0) is 0 Å². The summed E-state index contributed by atoms with van der Waals surface area (Å²) < 4.78 is 0. The zero-order valence-corrected chi connectivity index (χ0v) is 7.64. The number of hydrogen-bond donors (Lipinski definition) is 4. The van der Waals surface area contributed by atoms with Crippen molar-refractivity contribution in [2.45, 2.75) is 6.10 Å². The molecule has 0 saturated carbocycles. The second kappa shape index (κ2) is 10.8. The van der Waals surface area contributed by atoms with Crippen LogP contribution in [0.3, 0.4) is 0 Å². The Hall–Kier alpha value is -0.200. The van der Waals surface area contributed by atoms with Crippen molar-refractivity contribution in [3.05, 3.63) is 0 Å². The maximum absolute atomic E-state index is 8.20. The maximum Gasteiger partial charge on any atom is 0.100 e. The van der Waals surface area contributed by atoms with Gasteiger partial charge in [-0.15, -0.1) is 0 Å². The molecule has 0 aromatic rings. The molecule has 0 heterocycles. The van der Waals surface area contributed by atoms with Gasteiger partial charge in [-0.2, -0.15) is 0 Å². The van der Waals surface area contributed by atoms with E-state index < -0.39 is 6.10 Å². The van der Waals surface area contributed by atoms with Crippen LogP contribution in [0.2, 0.25) is 0 Å². The first-order valence-electron chi connectivity index (χ1n) is 3.73. The summed E-state index contributed by atoms with van der Waals surface area (Å²) in [4.78, 5) is 1.93. The van der Waals surface area contributed by atoms with Gasteiger partial charge in [-0.05, 0) is 14.1 Å². The number of hydrogen-bond acceptors (Lipinski definition) is 5. The van der Waals surface area contributed by atoms with Gasteiger partial charge >= 0.3 is 0 Å². The number of rotatable bonds is 4. The molecule has 0 aliphatic rings. The van der Waals surface area contributed by atoms with Crippen LogP contribution < -0.4 is 0 Å². The zero-order chi connectivity index (χ0) is 9.98. The molecule has 0 aromatic heterocycles. The molecule has 5 heteroatoms. The summed E-state index contributed by atoms with van der Waals surface area (Å²) in [5.41, 5.74) is 0. The van der Waals surface area contributed by atoms with Gasteiger partial charge in [0.15, 0.2) is 0 Å². The standard InChI is InChI=1S/C4H11NO.C3H8O3/c1-5(2)3-4-6;4-1-3(6)2-5/h6H,3-4H2,1-2H3;3-6H,1-2H2. The SMILES string of the molecule is CN(C)CCO.OCC(O)CO. The molecule has 76 valence electrons. The van der Waals surface area contributed by atoms with Crippen molar-refractivity contribution >= 4 is 0 Å². The van der Waals surface area contributed by atoms with E-state index in [-0.39, 0.29) is 19.8 Å². The quantitative estimate of drug-likeness (QED) is 0.398. The van der Waals surface area contributed by atoms with Crippen LogP contribution >= 0.6 is 0 Å². The summed E-state index contributed by atoms with van der Waals surface area (Å²) in [5, 5.41) is 32.2. The summed E-state index contributed by atoms with van der Waals surface area (Å²) in [6, 6.07) is 0. The van der Waals surface area contributed by atoms with Crippen molar-refractivity contribution in [3.63, 3.8) is 0 Å². The van der Waals surface area contributed by atoms with Crippen molar-refractivity contribution in [2.24, 2.45) is 0 Å². The van der Waals surface area contributed by atoms with Gasteiger partial charge in [-0.1, -0.05) is 0 Å². The monoisotopic (exact) mass is 181 g/mol. The molecule has 0 aromatic carbocycles. The molecule has 0 amide bonds. The van der Waals surface area contributed by atoms with Crippen LogP contribution in [0.4, 0.5) is 0 Å². The first-order valence-corrected chi connectivity index (χ1v) is 3.73. The topological polar surface area (TPSA) is 84.2 Å². The molecule has 12 heavy (non-hydrogen) atoms. The van der Waals surface area contributed by atoms with Crippen molar-refractivity contribution in [3.8, 4) is 0 Å². The molecule has 5 nitrogen and oxygen atoms in total. The van der Waals surface area contributed by atoms with E-state index in [1.54, 1.807) is 0 Å². The molecule has 0 fully saturated rings. The highest BCUT2D eigenvalue weighted by Crippen LogP contribution is 1.71. The Morgan fingerprint density at radius 2 is 1.50 bits per heavy atom. The van der Waals surface area contributed by atoms with Crippen LogP contribution in [-0.4, -0.2) is 71.9 Å². The van der Waals surface area contributed by atoms with Crippen LogP contribution in [0.1, 0.15) is 0 Å². The summed E-state index contributed by atoms with van der Waals surface area (Å²) in [5.74, 6) is 0. The smallest absolute Gasteiger partial charge is 0.100 e. The van der Waals surface area contributed by atoms with Gasteiger partial charge in [-0.3, -0.25) is 0 Å². The van der Waals surface area contributed by atoms with E-state index in [1.807, 2.05) is 19.0 Å². The average Bonchev–Trinajstić information content (AvgIpc) is 2.04. The van der Waals surface area contributed by atoms with Crippen LogP contribution in [0.5, 0.6) is 0 Å². The number of nitrogens with zero attached hydrogens (tertiary/aromatic N) is 1. The molecule has 0 radical (unpaired) electrons. The molecule has 0 aliphatic heterocycles. The second-order valence-corrected chi connectivity index (χ2v) is 2.55. The Labute approximate surface area is 72.9 Å². The predicted molar refractivity (Wildman–Crippen MR) is 45.8 cm³/mol. The lowest BCUT2D eigenvalue weighted by Gasteiger charge is -2.03. The van der Waals surface area contributed by atoms with Gasteiger partial charge in [0.2, 0.25) is 0 Å². The van der Waals surface area contributed by atoms with E-state index in [9.17, 15) is 0 Å². The molecule has 4 N–H and O–H groups in total. The largest absolute Gasteiger partial charge is 0.395 e. The normalized spacial score (nSPS) is 10.0. The predicted octanol–water partition coefficient (Wildman–Crippen LogP) is -2.13. The number of likely N-dealkylation sites (N-methyl/N-ethyl adjacent to an activating group) is 1. The highest BCUT2D eigenvalue weighted by molar-refractivity contribution is 4.44. The van der Waals surface area contributed by atoms with Gasteiger partial charge in [-0.25, -0.2) is 0 Å². The molecule has 0 rings (SSSR count). The van der Waals surface area contributed by atoms with Crippen molar-refractivity contribution in [2.75, 3.05) is 40.5 Å². The molecule has 0 bridgehead atoms. The Bertz CT molecular complexity index is 75.8. The highest BCUT2D eigenvalue weighted by Gasteiger charge is 1.93. The van der Waals surface area contributed by atoms with E-state index in [1.165, 1.54) is 0 Å². The summed E-state index contributed by atoms with van der Waals surface area (Å²) in [6.07, 6.45) is -0.954. The van der Waals surface area contributed by atoms with Crippen molar-refractivity contribution in [1.29, 1.82) is 0 Å². The number of aliphatic hydroxyl groups excluding tert-OH is 4. The lowest BCUT2D eigenvalue weighted by Crippen LogP contribution is -2.15. The summed E-state index contributed by atoms with van der Waals surface area (Å²) in [6.45, 7) is 0.292. The Balaban J connectivity index is 0. The highest BCUT2D eigenvalue weighted by atomic mass is 16.3. The van der Waals surface area contributed by atoms with E-state index in [2.05, 4.69) is 0 Å². The fraction of sp³-hybridized carbons (Fsp3) is 1.00. The van der Waals surface area contributed by atoms with E-state index >= 15 is 0 Å². The van der Waals surface area contributed by atoms with Gasteiger partial charge in [0.05, 0.1) is 19.8 Å². The Kier molecular flexibility index (Phi) is 12.9. The fourth-order valence-corrected chi connectivity index (χ4v) is 0.258. The minimum absolute atomic E-state index is 0.257. The van der Waals surface area contributed by atoms with E-state index in [4.69, 9.17) is 20.4 Å². The summed E-state index contributed by atoms with van der Waals surface area (Å²) >= 11 is 0. The number of aliphatic hydroxyl groups is 4. The minimum Gasteiger partial charge on any atom is -0.395 e. The Morgan fingerprint density at radius 3 is 1.50 bits per heavy atom. The lowest BCUT2D eigenvalue weighted by atomic mass is 10.4. The molecule has 0 unspecified atom stereocenters. The molecular formula is C7H19NO4. The fourth-order valence-electron chi connectivity index (χ4n) is 0.258. The lowest BCUT2D eigenvalue weighted by molar-refractivity contribution is 0.0450. The zero-order valence-electron chi connectivity index (χ0n) is 7.64. The third kappa shape index (κ3) is 16.4. The van der Waals surface area contributed by atoms with Crippen molar-refractivity contribution in [1.82, 2.24) is 4.90 Å².